The lowest BCUT2D eigenvalue weighted by molar-refractivity contribution is -0.145. The predicted octanol–water partition coefficient (Wildman–Crippen LogP) is 2.51. The Morgan fingerprint density at radius 3 is 2.60 bits per heavy atom. The quantitative estimate of drug-likeness (QED) is 0.733. The summed E-state index contributed by atoms with van der Waals surface area (Å²) in [6.45, 7) is 5.09. The average molecular weight is 346 g/mol. The first-order valence-electron chi connectivity index (χ1n) is 6.50. The van der Waals surface area contributed by atoms with Gasteiger partial charge in [-0.3, -0.25) is 0 Å². The first-order chi connectivity index (χ1) is 9.62. The zero-order valence-electron chi connectivity index (χ0n) is 12.0. The van der Waals surface area contributed by atoms with E-state index in [1.165, 1.54) is 0 Å². The van der Waals surface area contributed by atoms with Gasteiger partial charge in [0.15, 0.2) is 18.1 Å². The van der Waals surface area contributed by atoms with Crippen LogP contribution in [0.15, 0.2) is 16.6 Å². The van der Waals surface area contributed by atoms with E-state index in [0.29, 0.717) is 24.7 Å². The molecule has 0 aliphatic carbocycles. The van der Waals surface area contributed by atoms with E-state index in [1.54, 1.807) is 6.92 Å². The molecule has 0 heterocycles. The van der Waals surface area contributed by atoms with Crippen LogP contribution in [0.2, 0.25) is 0 Å². The fourth-order valence-electron chi connectivity index (χ4n) is 1.66. The second-order valence-corrected chi connectivity index (χ2v) is 4.82. The molecule has 1 aromatic carbocycles. The van der Waals surface area contributed by atoms with Crippen molar-refractivity contribution in [2.24, 2.45) is 0 Å². The van der Waals surface area contributed by atoms with Gasteiger partial charge in [0.2, 0.25) is 0 Å². The molecule has 0 spiro atoms. The average Bonchev–Trinajstić information content (AvgIpc) is 2.39. The van der Waals surface area contributed by atoms with E-state index in [9.17, 15) is 4.79 Å². The monoisotopic (exact) mass is 345 g/mol. The minimum Gasteiger partial charge on any atom is -0.490 e. The van der Waals surface area contributed by atoms with Crippen LogP contribution in [0.1, 0.15) is 19.4 Å². The number of carbonyl (C=O) groups is 1. The van der Waals surface area contributed by atoms with Crippen molar-refractivity contribution in [3.05, 3.63) is 22.2 Å². The molecule has 112 valence electrons. The second kappa shape index (κ2) is 8.81. The Kier molecular flexibility index (Phi) is 7.40. The Labute approximate surface area is 127 Å². The fourth-order valence-corrected chi connectivity index (χ4v) is 2.27. The van der Waals surface area contributed by atoms with Gasteiger partial charge in [0.1, 0.15) is 0 Å². The van der Waals surface area contributed by atoms with Crippen molar-refractivity contribution in [1.82, 2.24) is 5.32 Å². The van der Waals surface area contributed by atoms with Crippen LogP contribution in [0.25, 0.3) is 0 Å². The Bertz CT molecular complexity index is 451. The molecule has 0 aliphatic heterocycles. The van der Waals surface area contributed by atoms with Crippen LogP contribution in [-0.4, -0.2) is 32.8 Å². The van der Waals surface area contributed by atoms with Gasteiger partial charge in [-0.05, 0) is 54.5 Å². The summed E-state index contributed by atoms with van der Waals surface area (Å²) in [6, 6.07) is 3.82. The van der Waals surface area contributed by atoms with Crippen molar-refractivity contribution in [3.8, 4) is 11.5 Å². The molecular weight excluding hydrogens is 326 g/mol. The topological polar surface area (TPSA) is 56.8 Å². The molecule has 6 heteroatoms. The number of carbonyl (C=O) groups excluding carboxylic acids is 1. The molecule has 0 saturated heterocycles. The molecule has 0 unspecified atom stereocenters. The first-order valence-corrected chi connectivity index (χ1v) is 7.29. The summed E-state index contributed by atoms with van der Waals surface area (Å²) in [5, 5.41) is 3.08. The van der Waals surface area contributed by atoms with Gasteiger partial charge in [-0.1, -0.05) is 0 Å². The van der Waals surface area contributed by atoms with Crippen LogP contribution in [-0.2, 0) is 16.1 Å². The van der Waals surface area contributed by atoms with Gasteiger partial charge < -0.3 is 19.5 Å². The lowest BCUT2D eigenvalue weighted by Crippen LogP contribution is -2.15. The van der Waals surface area contributed by atoms with E-state index in [2.05, 4.69) is 21.2 Å². The highest BCUT2D eigenvalue weighted by Crippen LogP contribution is 2.37. The Balaban J connectivity index is 2.89. The summed E-state index contributed by atoms with van der Waals surface area (Å²) < 4.78 is 16.6. The summed E-state index contributed by atoms with van der Waals surface area (Å²) in [5.41, 5.74) is 1.06. The highest BCUT2D eigenvalue weighted by Gasteiger charge is 2.14. The zero-order valence-corrected chi connectivity index (χ0v) is 13.6. The standard InChI is InChI=1S/C14H20BrNO4/c1-4-18-12-7-10(8-16-3)6-11(15)14(12)20-9-13(17)19-5-2/h6-7,16H,4-5,8-9H2,1-3H3. The highest BCUT2D eigenvalue weighted by molar-refractivity contribution is 9.10. The lowest BCUT2D eigenvalue weighted by Gasteiger charge is -2.15. The molecule has 0 aromatic heterocycles. The summed E-state index contributed by atoms with van der Waals surface area (Å²) in [5.74, 6) is 0.720. The molecule has 0 amide bonds. The number of esters is 1. The van der Waals surface area contributed by atoms with Crippen LogP contribution < -0.4 is 14.8 Å². The van der Waals surface area contributed by atoms with E-state index in [-0.39, 0.29) is 6.61 Å². The van der Waals surface area contributed by atoms with Crippen LogP contribution >= 0.6 is 15.9 Å². The Morgan fingerprint density at radius 2 is 2.00 bits per heavy atom. The molecular formula is C14H20BrNO4. The number of rotatable bonds is 8. The highest BCUT2D eigenvalue weighted by atomic mass is 79.9. The Morgan fingerprint density at radius 1 is 1.25 bits per heavy atom. The minimum atomic E-state index is -0.402. The van der Waals surface area contributed by atoms with Crippen molar-refractivity contribution in [1.29, 1.82) is 0 Å². The van der Waals surface area contributed by atoms with Crippen LogP contribution in [0.4, 0.5) is 0 Å². The summed E-state index contributed by atoms with van der Waals surface area (Å²) in [7, 11) is 1.87. The van der Waals surface area contributed by atoms with Crippen molar-refractivity contribution < 1.29 is 19.0 Å². The zero-order chi connectivity index (χ0) is 15.0. The van der Waals surface area contributed by atoms with Crippen LogP contribution in [0.3, 0.4) is 0 Å². The lowest BCUT2D eigenvalue weighted by atomic mass is 10.2. The maximum atomic E-state index is 11.4. The number of nitrogens with one attached hydrogen (secondary N) is 1. The van der Waals surface area contributed by atoms with Crippen molar-refractivity contribution in [2.75, 3.05) is 26.9 Å². The third-order valence-electron chi connectivity index (χ3n) is 2.39. The molecule has 1 aromatic rings. The maximum Gasteiger partial charge on any atom is 0.344 e. The molecule has 5 nitrogen and oxygen atoms in total. The largest absolute Gasteiger partial charge is 0.490 e. The molecule has 0 bridgehead atoms. The molecule has 0 fully saturated rings. The van der Waals surface area contributed by atoms with Crippen molar-refractivity contribution in [2.45, 2.75) is 20.4 Å². The van der Waals surface area contributed by atoms with Gasteiger partial charge >= 0.3 is 5.97 Å². The molecule has 0 saturated carbocycles. The van der Waals surface area contributed by atoms with E-state index in [4.69, 9.17) is 14.2 Å². The normalized spacial score (nSPS) is 10.2. The van der Waals surface area contributed by atoms with Gasteiger partial charge in [-0.15, -0.1) is 0 Å². The third-order valence-corrected chi connectivity index (χ3v) is 2.98. The third kappa shape index (κ3) is 5.02. The maximum absolute atomic E-state index is 11.4. The molecule has 0 atom stereocenters. The number of hydrogen-bond acceptors (Lipinski definition) is 5. The van der Waals surface area contributed by atoms with E-state index < -0.39 is 5.97 Å². The fraction of sp³-hybridized carbons (Fsp3) is 0.500. The number of hydrogen-bond donors (Lipinski definition) is 1. The van der Waals surface area contributed by atoms with Gasteiger partial charge in [-0.25, -0.2) is 4.79 Å². The molecule has 20 heavy (non-hydrogen) atoms. The SMILES string of the molecule is CCOC(=O)COc1c(Br)cc(CNC)cc1OCC. The molecule has 0 aliphatic rings. The van der Waals surface area contributed by atoms with Gasteiger partial charge in [0.25, 0.3) is 0 Å². The second-order valence-electron chi connectivity index (χ2n) is 3.96. The minimum absolute atomic E-state index is 0.141. The van der Waals surface area contributed by atoms with Gasteiger partial charge in [0, 0.05) is 6.54 Å². The predicted molar refractivity (Wildman–Crippen MR) is 80.2 cm³/mol. The van der Waals surface area contributed by atoms with E-state index in [1.807, 2.05) is 26.1 Å². The van der Waals surface area contributed by atoms with Crippen LogP contribution in [0.5, 0.6) is 11.5 Å². The smallest absolute Gasteiger partial charge is 0.344 e. The van der Waals surface area contributed by atoms with Crippen molar-refractivity contribution in [3.63, 3.8) is 0 Å². The van der Waals surface area contributed by atoms with Gasteiger partial charge in [0.05, 0.1) is 17.7 Å². The van der Waals surface area contributed by atoms with Crippen LogP contribution in [0, 0.1) is 0 Å². The first kappa shape index (κ1) is 16.8. The Hall–Kier alpha value is -1.27. The van der Waals surface area contributed by atoms with E-state index >= 15 is 0 Å². The molecule has 0 radical (unpaired) electrons. The molecule has 1 rings (SSSR count). The number of halogens is 1. The summed E-state index contributed by atoms with van der Waals surface area (Å²) >= 11 is 3.44. The number of benzene rings is 1. The summed E-state index contributed by atoms with van der Waals surface area (Å²) in [6.07, 6.45) is 0. The number of ether oxygens (including phenoxy) is 3. The van der Waals surface area contributed by atoms with Crippen molar-refractivity contribution >= 4 is 21.9 Å². The van der Waals surface area contributed by atoms with Gasteiger partial charge in [-0.2, -0.15) is 0 Å². The summed E-state index contributed by atoms with van der Waals surface area (Å²) in [4.78, 5) is 11.4. The molecule has 1 N–H and O–H groups in total. The van der Waals surface area contributed by atoms with E-state index in [0.717, 1.165) is 16.6 Å².